The summed E-state index contributed by atoms with van der Waals surface area (Å²) in [7, 11) is 0. The summed E-state index contributed by atoms with van der Waals surface area (Å²) in [6.07, 6.45) is 1.89. The summed E-state index contributed by atoms with van der Waals surface area (Å²) in [5.74, 6) is 0.832. The number of rotatable bonds is 3. The lowest BCUT2D eigenvalue weighted by molar-refractivity contribution is 0.117. The summed E-state index contributed by atoms with van der Waals surface area (Å²) < 4.78 is 19.6. The molecule has 0 radical (unpaired) electrons. The third kappa shape index (κ3) is 2.68. The van der Waals surface area contributed by atoms with E-state index in [0.29, 0.717) is 6.61 Å². The number of aromatic nitrogens is 1. The maximum absolute atomic E-state index is 13.8. The molecular formula is C19H21FN2O2. The van der Waals surface area contributed by atoms with Crippen LogP contribution >= 0.6 is 0 Å². The van der Waals surface area contributed by atoms with Crippen LogP contribution in [-0.2, 0) is 6.54 Å². The second kappa shape index (κ2) is 6.15. The largest absolute Gasteiger partial charge is 0.493 e. The van der Waals surface area contributed by atoms with E-state index in [4.69, 9.17) is 4.74 Å². The molecule has 0 aliphatic carbocycles. The van der Waals surface area contributed by atoms with Crippen LogP contribution in [0.3, 0.4) is 0 Å². The van der Waals surface area contributed by atoms with Crippen molar-refractivity contribution in [1.82, 2.24) is 9.88 Å². The Morgan fingerprint density at radius 1 is 1.33 bits per heavy atom. The van der Waals surface area contributed by atoms with Crippen molar-refractivity contribution in [3.63, 3.8) is 0 Å². The molecule has 3 atom stereocenters. The zero-order valence-electron chi connectivity index (χ0n) is 13.7. The van der Waals surface area contributed by atoms with Crippen molar-refractivity contribution in [2.75, 3.05) is 19.8 Å². The normalized spacial score (nSPS) is 25.9. The first-order valence-electron chi connectivity index (χ1n) is 8.34. The number of hydrogen-bond acceptors (Lipinski definition) is 4. The zero-order chi connectivity index (χ0) is 16.7. The van der Waals surface area contributed by atoms with Crippen molar-refractivity contribution in [3.8, 4) is 5.75 Å². The fourth-order valence-corrected chi connectivity index (χ4v) is 3.98. The molecule has 1 aromatic carbocycles. The van der Waals surface area contributed by atoms with Crippen LogP contribution in [0.15, 0.2) is 36.5 Å². The van der Waals surface area contributed by atoms with Crippen LogP contribution in [0.1, 0.15) is 22.9 Å². The first-order valence-corrected chi connectivity index (χ1v) is 8.34. The Hall–Kier alpha value is -1.98. The molecule has 0 bridgehead atoms. The van der Waals surface area contributed by atoms with E-state index in [1.54, 1.807) is 12.1 Å². The number of aliphatic hydroxyl groups is 1. The number of benzene rings is 1. The average molecular weight is 328 g/mol. The predicted octanol–water partition coefficient (Wildman–Crippen LogP) is 2.70. The van der Waals surface area contributed by atoms with Crippen LogP contribution < -0.4 is 4.74 Å². The highest BCUT2D eigenvalue weighted by Crippen LogP contribution is 2.47. The molecule has 2 aliphatic rings. The molecule has 4 rings (SSSR count). The number of aliphatic hydroxyl groups excluding tert-OH is 1. The van der Waals surface area contributed by atoms with Gasteiger partial charge in [0.25, 0.3) is 0 Å². The summed E-state index contributed by atoms with van der Waals surface area (Å²) in [4.78, 5) is 6.68. The van der Waals surface area contributed by atoms with Crippen molar-refractivity contribution in [2.24, 2.45) is 11.8 Å². The monoisotopic (exact) mass is 328 g/mol. The van der Waals surface area contributed by atoms with E-state index >= 15 is 0 Å². The molecule has 0 saturated carbocycles. The van der Waals surface area contributed by atoms with E-state index in [9.17, 15) is 9.50 Å². The van der Waals surface area contributed by atoms with E-state index in [-0.39, 0.29) is 30.3 Å². The number of nitrogens with zero attached hydrogens (tertiary/aromatic N) is 2. The van der Waals surface area contributed by atoms with Crippen molar-refractivity contribution >= 4 is 0 Å². The second-order valence-corrected chi connectivity index (χ2v) is 6.78. The van der Waals surface area contributed by atoms with Crippen LogP contribution in [0.2, 0.25) is 0 Å². The lowest BCUT2D eigenvalue weighted by Crippen LogP contribution is -2.32. The third-order valence-electron chi connectivity index (χ3n) is 5.19. The molecule has 1 aromatic heterocycles. The lowest BCUT2D eigenvalue weighted by atomic mass is 9.85. The molecule has 126 valence electrons. The van der Waals surface area contributed by atoms with Gasteiger partial charge in [-0.1, -0.05) is 6.07 Å². The van der Waals surface area contributed by atoms with E-state index in [2.05, 4.69) is 16.0 Å². The summed E-state index contributed by atoms with van der Waals surface area (Å²) in [6.45, 7) is 4.17. The predicted molar refractivity (Wildman–Crippen MR) is 88.1 cm³/mol. The Morgan fingerprint density at radius 3 is 2.96 bits per heavy atom. The van der Waals surface area contributed by atoms with Gasteiger partial charge in [-0.2, -0.15) is 0 Å². The second-order valence-electron chi connectivity index (χ2n) is 6.78. The molecular weight excluding hydrogens is 307 g/mol. The van der Waals surface area contributed by atoms with Gasteiger partial charge in [-0.05, 0) is 36.8 Å². The summed E-state index contributed by atoms with van der Waals surface area (Å²) >= 11 is 0. The molecule has 0 amide bonds. The minimum atomic E-state index is -0.248. The maximum Gasteiger partial charge on any atom is 0.124 e. The fraction of sp³-hybridized carbons (Fsp3) is 0.421. The number of halogens is 1. The first kappa shape index (κ1) is 15.5. The molecule has 0 unspecified atom stereocenters. The molecule has 0 spiro atoms. The minimum Gasteiger partial charge on any atom is -0.493 e. The standard InChI is InChI=1S/C19H21FN2O2/c1-12-2-3-13(7-21-12)8-22-9-14(10-23)17-11-24-18-5-4-15(20)6-16(18)19(17)22/h2-7,14,17,19,23H,8-11H2,1H3/t14-,17-,19-/m0/s1. The Balaban J connectivity index is 1.68. The van der Waals surface area contributed by atoms with Gasteiger partial charge in [-0.3, -0.25) is 9.88 Å². The summed E-state index contributed by atoms with van der Waals surface area (Å²) in [6, 6.07) is 8.87. The van der Waals surface area contributed by atoms with Crippen LogP contribution in [-0.4, -0.2) is 34.7 Å². The van der Waals surface area contributed by atoms with Crippen molar-refractivity contribution in [1.29, 1.82) is 0 Å². The Labute approximate surface area is 140 Å². The number of aryl methyl sites for hydroxylation is 1. The van der Waals surface area contributed by atoms with Crippen LogP contribution in [0.25, 0.3) is 0 Å². The Kier molecular flexibility index (Phi) is 3.98. The number of ether oxygens (including phenoxy) is 1. The van der Waals surface area contributed by atoms with Crippen molar-refractivity contribution in [3.05, 3.63) is 59.2 Å². The van der Waals surface area contributed by atoms with Crippen LogP contribution in [0.4, 0.5) is 4.39 Å². The highest BCUT2D eigenvalue weighted by atomic mass is 19.1. The number of pyridine rings is 1. The van der Waals surface area contributed by atoms with E-state index in [1.807, 2.05) is 19.2 Å². The molecule has 5 heteroatoms. The van der Waals surface area contributed by atoms with Crippen LogP contribution in [0, 0.1) is 24.6 Å². The van der Waals surface area contributed by atoms with Gasteiger partial charge in [0.2, 0.25) is 0 Å². The first-order chi connectivity index (χ1) is 11.7. The quantitative estimate of drug-likeness (QED) is 0.941. The van der Waals surface area contributed by atoms with Gasteiger partial charge in [-0.15, -0.1) is 0 Å². The Bertz CT molecular complexity index is 735. The minimum absolute atomic E-state index is 0.0721. The number of hydrogen-bond donors (Lipinski definition) is 1. The van der Waals surface area contributed by atoms with Gasteiger partial charge in [0.1, 0.15) is 11.6 Å². The molecule has 4 nitrogen and oxygen atoms in total. The van der Waals surface area contributed by atoms with E-state index in [1.165, 1.54) is 6.07 Å². The highest BCUT2D eigenvalue weighted by Gasteiger charge is 2.45. The number of likely N-dealkylation sites (tertiary alicyclic amines) is 1. The molecule has 3 heterocycles. The van der Waals surface area contributed by atoms with Crippen molar-refractivity contribution < 1.29 is 14.2 Å². The molecule has 2 aromatic rings. The van der Waals surface area contributed by atoms with Gasteiger partial charge in [-0.25, -0.2) is 4.39 Å². The molecule has 24 heavy (non-hydrogen) atoms. The van der Waals surface area contributed by atoms with Gasteiger partial charge < -0.3 is 9.84 Å². The fourth-order valence-electron chi connectivity index (χ4n) is 3.98. The lowest BCUT2D eigenvalue weighted by Gasteiger charge is -2.34. The topological polar surface area (TPSA) is 45.6 Å². The molecule has 1 fully saturated rings. The van der Waals surface area contributed by atoms with Gasteiger partial charge >= 0.3 is 0 Å². The summed E-state index contributed by atoms with van der Waals surface area (Å²) in [5, 5.41) is 9.76. The van der Waals surface area contributed by atoms with Crippen LogP contribution in [0.5, 0.6) is 5.75 Å². The average Bonchev–Trinajstić information content (AvgIpc) is 2.95. The zero-order valence-corrected chi connectivity index (χ0v) is 13.7. The van der Waals surface area contributed by atoms with Gasteiger partial charge in [0.05, 0.1) is 6.61 Å². The van der Waals surface area contributed by atoms with Crippen molar-refractivity contribution in [2.45, 2.75) is 19.5 Å². The van der Waals surface area contributed by atoms with Gasteiger partial charge in [0, 0.05) is 55.0 Å². The third-order valence-corrected chi connectivity index (χ3v) is 5.19. The Morgan fingerprint density at radius 2 is 2.21 bits per heavy atom. The number of fused-ring (bicyclic) bond motifs is 3. The molecule has 2 aliphatic heterocycles. The smallest absolute Gasteiger partial charge is 0.124 e. The molecule has 1 N–H and O–H groups in total. The van der Waals surface area contributed by atoms with E-state index in [0.717, 1.165) is 35.7 Å². The van der Waals surface area contributed by atoms with E-state index < -0.39 is 0 Å². The SMILES string of the molecule is Cc1ccc(CN2C[C@@H](CO)[C@@H]3COc4ccc(F)cc4[C@@H]32)cn1. The molecule has 1 saturated heterocycles. The van der Waals surface area contributed by atoms with Gasteiger partial charge in [0.15, 0.2) is 0 Å². The maximum atomic E-state index is 13.8. The summed E-state index contributed by atoms with van der Waals surface area (Å²) in [5.41, 5.74) is 3.01. The highest BCUT2D eigenvalue weighted by molar-refractivity contribution is 5.39.